The standard InChI is InChI=1S/C19H26N8/c1-3-6-26-15(2)16(10-23-26)13-25-7-8-27-18(14-25)9-17(24-27)11-22-19-12-20-4-5-21-19/h4-5,9-10,12H,3,6-8,11,13-14H2,1-2H3,(H,21,22). The second-order valence-corrected chi connectivity index (χ2v) is 6.98. The Kier molecular flexibility index (Phi) is 5.15. The van der Waals surface area contributed by atoms with Gasteiger partial charge in [-0.2, -0.15) is 10.2 Å². The van der Waals surface area contributed by atoms with Gasteiger partial charge in [-0.1, -0.05) is 6.92 Å². The van der Waals surface area contributed by atoms with E-state index < -0.39 is 0 Å². The number of aromatic nitrogens is 6. The predicted molar refractivity (Wildman–Crippen MR) is 103 cm³/mol. The lowest BCUT2D eigenvalue weighted by molar-refractivity contribution is 0.204. The Morgan fingerprint density at radius 2 is 2.11 bits per heavy atom. The van der Waals surface area contributed by atoms with Crippen LogP contribution in [0.2, 0.25) is 0 Å². The molecule has 0 bridgehead atoms. The number of hydrogen-bond donors (Lipinski definition) is 1. The average molecular weight is 366 g/mol. The summed E-state index contributed by atoms with van der Waals surface area (Å²) in [5.74, 6) is 0.768. The van der Waals surface area contributed by atoms with E-state index >= 15 is 0 Å². The Morgan fingerprint density at radius 3 is 2.93 bits per heavy atom. The molecule has 0 fully saturated rings. The molecule has 0 aromatic carbocycles. The van der Waals surface area contributed by atoms with Crippen molar-refractivity contribution in [1.29, 1.82) is 0 Å². The van der Waals surface area contributed by atoms with Gasteiger partial charge in [-0.3, -0.25) is 19.2 Å². The van der Waals surface area contributed by atoms with Gasteiger partial charge in [0.25, 0.3) is 0 Å². The number of fused-ring (bicyclic) bond motifs is 1. The minimum Gasteiger partial charge on any atom is -0.363 e. The molecule has 1 N–H and O–H groups in total. The molecule has 0 spiro atoms. The molecule has 4 rings (SSSR count). The third-order valence-electron chi connectivity index (χ3n) is 4.98. The first kappa shape index (κ1) is 17.7. The smallest absolute Gasteiger partial charge is 0.144 e. The van der Waals surface area contributed by atoms with E-state index in [0.29, 0.717) is 6.54 Å². The first-order valence-electron chi connectivity index (χ1n) is 9.52. The minimum atomic E-state index is 0.654. The van der Waals surface area contributed by atoms with Crippen molar-refractivity contribution in [3.05, 3.63) is 53.5 Å². The van der Waals surface area contributed by atoms with Crippen molar-refractivity contribution >= 4 is 5.82 Å². The molecule has 3 aromatic rings. The maximum absolute atomic E-state index is 4.72. The second kappa shape index (κ2) is 7.87. The molecule has 8 nitrogen and oxygen atoms in total. The number of nitrogens with zero attached hydrogens (tertiary/aromatic N) is 7. The summed E-state index contributed by atoms with van der Waals surface area (Å²) in [4.78, 5) is 10.8. The fourth-order valence-electron chi connectivity index (χ4n) is 3.49. The highest BCUT2D eigenvalue weighted by atomic mass is 15.3. The van der Waals surface area contributed by atoms with Crippen molar-refractivity contribution in [2.24, 2.45) is 0 Å². The fraction of sp³-hybridized carbons (Fsp3) is 0.474. The van der Waals surface area contributed by atoms with Gasteiger partial charge in [0.2, 0.25) is 0 Å². The van der Waals surface area contributed by atoms with E-state index in [4.69, 9.17) is 5.10 Å². The van der Waals surface area contributed by atoms with E-state index in [1.54, 1.807) is 18.6 Å². The van der Waals surface area contributed by atoms with Crippen LogP contribution in [0.25, 0.3) is 0 Å². The second-order valence-electron chi connectivity index (χ2n) is 6.98. The largest absolute Gasteiger partial charge is 0.363 e. The van der Waals surface area contributed by atoms with Crippen molar-refractivity contribution in [1.82, 2.24) is 34.4 Å². The Hall–Kier alpha value is -2.74. The van der Waals surface area contributed by atoms with Crippen molar-refractivity contribution in [2.75, 3.05) is 11.9 Å². The Labute approximate surface area is 159 Å². The summed E-state index contributed by atoms with van der Waals surface area (Å²) in [6.45, 7) is 9.77. The molecule has 27 heavy (non-hydrogen) atoms. The minimum absolute atomic E-state index is 0.654. The third kappa shape index (κ3) is 4.00. The van der Waals surface area contributed by atoms with E-state index in [0.717, 1.165) is 50.7 Å². The van der Waals surface area contributed by atoms with Crippen LogP contribution in [0.3, 0.4) is 0 Å². The zero-order chi connectivity index (χ0) is 18.6. The first-order chi connectivity index (χ1) is 13.2. The van der Waals surface area contributed by atoms with E-state index in [1.807, 2.05) is 6.20 Å². The Morgan fingerprint density at radius 1 is 1.19 bits per heavy atom. The summed E-state index contributed by atoms with van der Waals surface area (Å²) >= 11 is 0. The van der Waals surface area contributed by atoms with Gasteiger partial charge in [0.15, 0.2) is 0 Å². The van der Waals surface area contributed by atoms with Crippen LogP contribution in [0.5, 0.6) is 0 Å². The Bertz CT molecular complexity index is 883. The topological polar surface area (TPSA) is 76.7 Å². The highest BCUT2D eigenvalue weighted by molar-refractivity contribution is 5.31. The summed E-state index contributed by atoms with van der Waals surface area (Å²) in [5.41, 5.74) is 4.89. The van der Waals surface area contributed by atoms with Gasteiger partial charge in [0.05, 0.1) is 36.9 Å². The molecule has 1 aliphatic heterocycles. The monoisotopic (exact) mass is 366 g/mol. The molecule has 0 atom stereocenters. The van der Waals surface area contributed by atoms with Crippen LogP contribution in [-0.4, -0.2) is 41.0 Å². The van der Waals surface area contributed by atoms with Crippen molar-refractivity contribution in [2.45, 2.75) is 53.0 Å². The molecule has 0 unspecified atom stereocenters. The van der Waals surface area contributed by atoms with Crippen LogP contribution in [-0.2, 0) is 32.7 Å². The van der Waals surface area contributed by atoms with Gasteiger partial charge in [-0.15, -0.1) is 0 Å². The van der Waals surface area contributed by atoms with E-state index in [-0.39, 0.29) is 0 Å². The van der Waals surface area contributed by atoms with E-state index in [1.165, 1.54) is 17.0 Å². The summed E-state index contributed by atoms with van der Waals surface area (Å²) in [6, 6.07) is 2.18. The molecule has 8 heteroatoms. The van der Waals surface area contributed by atoms with Crippen molar-refractivity contribution in [3.63, 3.8) is 0 Å². The van der Waals surface area contributed by atoms with Gasteiger partial charge in [-0.25, -0.2) is 4.98 Å². The molecule has 0 amide bonds. The van der Waals surface area contributed by atoms with Gasteiger partial charge in [-0.05, 0) is 19.4 Å². The normalized spacial score (nSPS) is 14.3. The number of hydrogen-bond acceptors (Lipinski definition) is 6. The first-order valence-corrected chi connectivity index (χ1v) is 9.52. The number of rotatable bonds is 7. The lowest BCUT2D eigenvalue weighted by Crippen LogP contribution is -2.33. The summed E-state index contributed by atoms with van der Waals surface area (Å²) in [5, 5.41) is 12.5. The van der Waals surface area contributed by atoms with Crippen LogP contribution in [0.1, 0.15) is 36.0 Å². The quantitative estimate of drug-likeness (QED) is 0.691. The van der Waals surface area contributed by atoms with Crippen LogP contribution in [0.15, 0.2) is 30.9 Å². The van der Waals surface area contributed by atoms with Gasteiger partial charge in [0, 0.05) is 49.8 Å². The molecule has 0 saturated heterocycles. The average Bonchev–Trinajstić information content (AvgIpc) is 3.25. The van der Waals surface area contributed by atoms with Crippen LogP contribution < -0.4 is 5.32 Å². The fourth-order valence-corrected chi connectivity index (χ4v) is 3.49. The van der Waals surface area contributed by atoms with Gasteiger partial charge >= 0.3 is 0 Å². The highest BCUT2D eigenvalue weighted by Crippen LogP contribution is 2.18. The molecule has 142 valence electrons. The lowest BCUT2D eigenvalue weighted by Gasteiger charge is -2.27. The van der Waals surface area contributed by atoms with Crippen LogP contribution in [0, 0.1) is 6.92 Å². The molecule has 0 radical (unpaired) electrons. The van der Waals surface area contributed by atoms with Crippen molar-refractivity contribution in [3.8, 4) is 0 Å². The molecule has 0 saturated carbocycles. The molecule has 1 aliphatic rings. The van der Waals surface area contributed by atoms with Gasteiger partial charge in [0.1, 0.15) is 5.82 Å². The molecule has 0 aliphatic carbocycles. The summed E-state index contributed by atoms with van der Waals surface area (Å²) in [7, 11) is 0. The highest BCUT2D eigenvalue weighted by Gasteiger charge is 2.20. The van der Waals surface area contributed by atoms with E-state index in [2.05, 4.69) is 54.6 Å². The number of aryl methyl sites for hydroxylation is 1. The number of nitrogens with one attached hydrogen (secondary N) is 1. The van der Waals surface area contributed by atoms with Gasteiger partial charge < -0.3 is 5.32 Å². The SMILES string of the molecule is CCCn1ncc(CN2CCn3nc(CNc4cnccn4)cc3C2)c1C. The molecular weight excluding hydrogens is 340 g/mol. The zero-order valence-corrected chi connectivity index (χ0v) is 16.0. The summed E-state index contributed by atoms with van der Waals surface area (Å²) in [6.07, 6.45) is 8.20. The maximum Gasteiger partial charge on any atom is 0.144 e. The van der Waals surface area contributed by atoms with Crippen LogP contribution in [0.4, 0.5) is 5.82 Å². The summed E-state index contributed by atoms with van der Waals surface area (Å²) < 4.78 is 4.23. The lowest BCUT2D eigenvalue weighted by atomic mass is 10.2. The van der Waals surface area contributed by atoms with E-state index in [9.17, 15) is 0 Å². The third-order valence-corrected chi connectivity index (χ3v) is 4.98. The zero-order valence-electron chi connectivity index (χ0n) is 16.0. The Balaban J connectivity index is 1.38. The van der Waals surface area contributed by atoms with Crippen molar-refractivity contribution < 1.29 is 0 Å². The molecular formula is C19H26N8. The molecule has 4 heterocycles. The number of anilines is 1. The molecule has 3 aromatic heterocycles. The van der Waals surface area contributed by atoms with Crippen LogP contribution >= 0.6 is 0 Å². The predicted octanol–water partition coefficient (Wildman–Crippen LogP) is 2.22. The maximum atomic E-state index is 4.72.